The molecule has 0 spiro atoms. The molecule has 0 bridgehead atoms. The summed E-state index contributed by atoms with van der Waals surface area (Å²) in [4.78, 5) is 39.5. The van der Waals surface area contributed by atoms with Gasteiger partial charge < -0.3 is 20.1 Å². The number of fused-ring (bicyclic) bond motifs is 1. The lowest BCUT2D eigenvalue weighted by Crippen LogP contribution is -2.33. The minimum atomic E-state index is -1.19. The Morgan fingerprint density at radius 1 is 1.06 bits per heavy atom. The third-order valence-corrected chi connectivity index (χ3v) is 6.54. The van der Waals surface area contributed by atoms with Gasteiger partial charge in [0.2, 0.25) is 12.0 Å². The molecule has 1 aliphatic heterocycles. The van der Waals surface area contributed by atoms with Crippen LogP contribution in [0.1, 0.15) is 23.7 Å². The van der Waals surface area contributed by atoms with E-state index in [1.807, 2.05) is 43.3 Å². The smallest absolute Gasteiger partial charge is 0.308 e. The van der Waals surface area contributed by atoms with Crippen molar-refractivity contribution < 1.29 is 23.9 Å². The molecule has 2 amide bonds. The van der Waals surface area contributed by atoms with E-state index in [0.29, 0.717) is 17.0 Å². The second-order valence-corrected chi connectivity index (χ2v) is 9.01. The van der Waals surface area contributed by atoms with Gasteiger partial charge in [-0.25, -0.2) is 0 Å². The number of ether oxygens (including phenoxy) is 2. The zero-order chi connectivity index (χ0) is 24.1. The van der Waals surface area contributed by atoms with E-state index < -0.39 is 23.2 Å². The minimum absolute atomic E-state index is 0.171. The predicted molar refractivity (Wildman–Crippen MR) is 131 cm³/mol. The lowest BCUT2D eigenvalue weighted by atomic mass is 10.1. The number of esters is 1. The quantitative estimate of drug-likeness (QED) is 0.479. The molecule has 0 fully saturated rings. The molecule has 2 atom stereocenters. The number of anilines is 2. The fourth-order valence-electron chi connectivity index (χ4n) is 3.58. The predicted octanol–water partition coefficient (Wildman–Crippen LogP) is 4.73. The standard InChI is InChI=1S/C26H24N2O5S/c1-16-12-13-20(32-2)19(14-16)28-26(31)24(17-8-4-3-5-9-17)33-23(29)15-22-25(30)27-18-10-6-7-11-21(18)34-22/h3-14,22,24H,15H2,1-2H3,(H,27,30)(H,28,31)/t22-,24-/m1/s1. The largest absolute Gasteiger partial charge is 0.495 e. The van der Waals surface area contributed by atoms with Crippen molar-refractivity contribution >= 4 is 40.9 Å². The van der Waals surface area contributed by atoms with Crippen LogP contribution in [-0.2, 0) is 19.1 Å². The van der Waals surface area contributed by atoms with Crippen LogP contribution in [0.4, 0.5) is 11.4 Å². The summed E-state index contributed by atoms with van der Waals surface area (Å²) in [6.45, 7) is 1.90. The number of hydrogen-bond donors (Lipinski definition) is 2. The van der Waals surface area contributed by atoms with E-state index in [2.05, 4.69) is 10.6 Å². The van der Waals surface area contributed by atoms with Crippen molar-refractivity contribution in [3.05, 3.63) is 83.9 Å². The van der Waals surface area contributed by atoms with E-state index in [9.17, 15) is 14.4 Å². The number of amides is 2. The molecule has 174 valence electrons. The molecule has 0 aromatic heterocycles. The maximum atomic E-state index is 13.2. The van der Waals surface area contributed by atoms with E-state index in [-0.39, 0.29) is 12.3 Å². The van der Waals surface area contributed by atoms with Crippen molar-refractivity contribution in [1.29, 1.82) is 0 Å². The average molecular weight is 477 g/mol. The highest BCUT2D eigenvalue weighted by atomic mass is 32.2. The fourth-order valence-corrected chi connectivity index (χ4v) is 4.67. The first-order valence-corrected chi connectivity index (χ1v) is 11.6. The minimum Gasteiger partial charge on any atom is -0.495 e. The van der Waals surface area contributed by atoms with E-state index in [1.54, 1.807) is 36.4 Å². The zero-order valence-electron chi connectivity index (χ0n) is 18.7. The number of thioether (sulfide) groups is 1. The third kappa shape index (κ3) is 5.40. The Hall–Kier alpha value is -3.78. The van der Waals surface area contributed by atoms with E-state index >= 15 is 0 Å². The zero-order valence-corrected chi connectivity index (χ0v) is 19.6. The van der Waals surface area contributed by atoms with E-state index in [0.717, 1.165) is 16.1 Å². The van der Waals surface area contributed by atoms with Gasteiger partial charge in [0.15, 0.2) is 0 Å². The first kappa shape index (κ1) is 23.4. The van der Waals surface area contributed by atoms with E-state index in [4.69, 9.17) is 9.47 Å². The van der Waals surface area contributed by atoms with Gasteiger partial charge in [-0.05, 0) is 36.8 Å². The van der Waals surface area contributed by atoms with Gasteiger partial charge in [0, 0.05) is 10.5 Å². The van der Waals surface area contributed by atoms with Gasteiger partial charge in [-0.15, -0.1) is 11.8 Å². The summed E-state index contributed by atoms with van der Waals surface area (Å²) >= 11 is 1.30. The Bertz CT molecular complexity index is 1210. The summed E-state index contributed by atoms with van der Waals surface area (Å²) in [5.41, 5.74) is 2.65. The Morgan fingerprint density at radius 3 is 2.56 bits per heavy atom. The molecule has 7 nitrogen and oxygen atoms in total. The Kier molecular flexibility index (Phi) is 7.18. The van der Waals surface area contributed by atoms with Crippen molar-refractivity contribution in [3.8, 4) is 5.75 Å². The van der Waals surface area contributed by atoms with Gasteiger partial charge in [-0.2, -0.15) is 0 Å². The monoisotopic (exact) mass is 476 g/mol. The van der Waals surface area contributed by atoms with Crippen LogP contribution in [0.5, 0.6) is 5.75 Å². The van der Waals surface area contributed by atoms with Crippen molar-refractivity contribution in [2.45, 2.75) is 29.6 Å². The third-order valence-electron chi connectivity index (χ3n) is 5.26. The normalized spacial score (nSPS) is 15.5. The van der Waals surface area contributed by atoms with Crippen LogP contribution >= 0.6 is 11.8 Å². The highest BCUT2D eigenvalue weighted by Crippen LogP contribution is 2.37. The maximum Gasteiger partial charge on any atom is 0.308 e. The van der Waals surface area contributed by atoms with Crippen LogP contribution in [0.15, 0.2) is 77.7 Å². The molecule has 1 heterocycles. The summed E-state index contributed by atoms with van der Waals surface area (Å²) < 4.78 is 11.0. The molecule has 1 aliphatic rings. The fraction of sp³-hybridized carbons (Fsp3) is 0.192. The van der Waals surface area contributed by atoms with Gasteiger partial charge >= 0.3 is 5.97 Å². The van der Waals surface area contributed by atoms with Crippen LogP contribution in [-0.4, -0.2) is 30.1 Å². The van der Waals surface area contributed by atoms with Crippen LogP contribution < -0.4 is 15.4 Å². The number of carbonyl (C=O) groups is 3. The van der Waals surface area contributed by atoms with Gasteiger partial charge in [-0.1, -0.05) is 48.5 Å². The number of aryl methyl sites for hydroxylation is 1. The molecule has 8 heteroatoms. The van der Waals surface area contributed by atoms with E-state index in [1.165, 1.54) is 18.9 Å². The molecular formula is C26H24N2O5S. The SMILES string of the molecule is COc1ccc(C)cc1NC(=O)[C@H](OC(=O)C[C@H]1Sc2ccccc2NC1=O)c1ccccc1. The van der Waals surface area contributed by atoms with Crippen LogP contribution in [0.2, 0.25) is 0 Å². The molecule has 3 aromatic rings. The molecule has 0 unspecified atom stereocenters. The van der Waals surface area contributed by atoms with Crippen molar-refractivity contribution in [2.24, 2.45) is 0 Å². The Morgan fingerprint density at radius 2 is 1.79 bits per heavy atom. The van der Waals surface area contributed by atoms with Gasteiger partial charge in [0.05, 0.1) is 30.2 Å². The number of hydrogen-bond acceptors (Lipinski definition) is 6. The van der Waals surface area contributed by atoms with Crippen LogP contribution in [0.3, 0.4) is 0 Å². The van der Waals surface area contributed by atoms with Crippen molar-refractivity contribution in [1.82, 2.24) is 0 Å². The molecular weight excluding hydrogens is 452 g/mol. The number of methoxy groups -OCH3 is 1. The molecule has 0 aliphatic carbocycles. The molecule has 3 aromatic carbocycles. The van der Waals surface area contributed by atoms with Gasteiger partial charge in [-0.3, -0.25) is 14.4 Å². The number of carbonyl (C=O) groups excluding carboxylic acids is 3. The molecule has 4 rings (SSSR count). The molecule has 0 radical (unpaired) electrons. The Balaban J connectivity index is 1.51. The summed E-state index contributed by atoms with van der Waals surface area (Å²) in [6.07, 6.45) is -1.36. The molecule has 2 N–H and O–H groups in total. The maximum absolute atomic E-state index is 13.2. The number of rotatable bonds is 7. The Labute approximate surface area is 201 Å². The lowest BCUT2D eigenvalue weighted by Gasteiger charge is -2.24. The van der Waals surface area contributed by atoms with Gasteiger partial charge in [0.1, 0.15) is 5.75 Å². The van der Waals surface area contributed by atoms with Crippen molar-refractivity contribution in [3.63, 3.8) is 0 Å². The first-order chi connectivity index (χ1) is 16.4. The number of nitrogens with one attached hydrogen (secondary N) is 2. The summed E-state index contributed by atoms with van der Waals surface area (Å²) in [5.74, 6) is -0.946. The lowest BCUT2D eigenvalue weighted by molar-refractivity contribution is -0.155. The molecule has 0 saturated carbocycles. The van der Waals surface area contributed by atoms with Crippen molar-refractivity contribution in [2.75, 3.05) is 17.7 Å². The second-order valence-electron chi connectivity index (χ2n) is 7.77. The number of benzene rings is 3. The van der Waals surface area contributed by atoms with Crippen LogP contribution in [0, 0.1) is 6.92 Å². The summed E-state index contributed by atoms with van der Waals surface area (Å²) in [5, 5.41) is 4.97. The highest BCUT2D eigenvalue weighted by molar-refractivity contribution is 8.01. The summed E-state index contributed by atoms with van der Waals surface area (Å²) in [6, 6.07) is 21.6. The number of para-hydroxylation sites is 1. The topological polar surface area (TPSA) is 93.7 Å². The highest BCUT2D eigenvalue weighted by Gasteiger charge is 2.32. The van der Waals surface area contributed by atoms with Crippen LogP contribution in [0.25, 0.3) is 0 Å². The second kappa shape index (κ2) is 10.4. The molecule has 34 heavy (non-hydrogen) atoms. The first-order valence-electron chi connectivity index (χ1n) is 10.7. The summed E-state index contributed by atoms with van der Waals surface area (Å²) in [7, 11) is 1.51. The van der Waals surface area contributed by atoms with Gasteiger partial charge in [0.25, 0.3) is 5.91 Å². The average Bonchev–Trinajstić information content (AvgIpc) is 2.83. The molecule has 0 saturated heterocycles.